The number of ether oxygens (including phenoxy) is 1. The molecule has 7 nitrogen and oxygen atoms in total. The summed E-state index contributed by atoms with van der Waals surface area (Å²) in [6, 6.07) is 0. The minimum atomic E-state index is -0.918. The summed E-state index contributed by atoms with van der Waals surface area (Å²) in [6.45, 7) is 4.38. The van der Waals surface area contributed by atoms with Gasteiger partial charge in [0.15, 0.2) is 0 Å². The summed E-state index contributed by atoms with van der Waals surface area (Å²) in [5, 5.41) is 8.86. The third-order valence-electron chi connectivity index (χ3n) is 4.44. The number of carboxylic acid groups (broad SMARTS) is 1. The SMILES string of the molecule is CCCC(=O)N1CCCC(C(=O)N2CCOC(CC(=O)O)C2)C1. The predicted molar refractivity (Wildman–Crippen MR) is 82.8 cm³/mol. The van der Waals surface area contributed by atoms with E-state index in [0.717, 1.165) is 25.8 Å². The molecule has 2 aliphatic heterocycles. The average molecular weight is 326 g/mol. The van der Waals surface area contributed by atoms with E-state index in [0.29, 0.717) is 32.7 Å². The molecule has 2 rings (SSSR count). The zero-order valence-electron chi connectivity index (χ0n) is 13.7. The molecule has 2 unspecified atom stereocenters. The van der Waals surface area contributed by atoms with Crippen LogP contribution in [0, 0.1) is 5.92 Å². The van der Waals surface area contributed by atoms with Crippen LogP contribution in [0.25, 0.3) is 0 Å². The number of carboxylic acids is 1. The lowest BCUT2D eigenvalue weighted by Crippen LogP contribution is -2.51. The normalized spacial score (nSPS) is 25.3. The minimum Gasteiger partial charge on any atom is -0.481 e. The first kappa shape index (κ1) is 17.7. The molecule has 0 aromatic carbocycles. The summed E-state index contributed by atoms with van der Waals surface area (Å²) in [5.74, 6) is -0.945. The second kappa shape index (κ2) is 8.29. The molecule has 2 saturated heterocycles. The van der Waals surface area contributed by atoms with Crippen LogP contribution in [0.3, 0.4) is 0 Å². The molecular weight excluding hydrogens is 300 g/mol. The molecule has 0 radical (unpaired) electrons. The summed E-state index contributed by atoms with van der Waals surface area (Å²) in [4.78, 5) is 39.0. The highest BCUT2D eigenvalue weighted by Gasteiger charge is 2.33. The van der Waals surface area contributed by atoms with E-state index in [1.54, 1.807) is 9.80 Å². The van der Waals surface area contributed by atoms with Crippen molar-refractivity contribution < 1.29 is 24.2 Å². The first-order chi connectivity index (χ1) is 11.0. The topological polar surface area (TPSA) is 87.2 Å². The Labute approximate surface area is 136 Å². The van der Waals surface area contributed by atoms with Gasteiger partial charge in [0.05, 0.1) is 25.0 Å². The second-order valence-corrected chi connectivity index (χ2v) is 6.30. The van der Waals surface area contributed by atoms with E-state index in [1.807, 2.05) is 6.92 Å². The highest BCUT2D eigenvalue weighted by Crippen LogP contribution is 2.21. The van der Waals surface area contributed by atoms with Gasteiger partial charge in [-0.15, -0.1) is 0 Å². The Morgan fingerprint density at radius 2 is 1.96 bits per heavy atom. The Kier molecular flexibility index (Phi) is 6.38. The summed E-state index contributed by atoms with van der Waals surface area (Å²) in [6.07, 6.45) is 2.44. The number of nitrogens with zero attached hydrogens (tertiary/aromatic N) is 2. The van der Waals surface area contributed by atoms with E-state index >= 15 is 0 Å². The lowest BCUT2D eigenvalue weighted by Gasteiger charge is -2.38. The fraction of sp³-hybridized carbons (Fsp3) is 0.812. The molecule has 2 amide bonds. The number of likely N-dealkylation sites (tertiary alicyclic amines) is 1. The fourth-order valence-corrected chi connectivity index (χ4v) is 3.27. The molecule has 2 fully saturated rings. The van der Waals surface area contributed by atoms with Crippen molar-refractivity contribution in [3.8, 4) is 0 Å². The van der Waals surface area contributed by atoms with Crippen LogP contribution in [0.4, 0.5) is 0 Å². The predicted octanol–water partition coefficient (Wildman–Crippen LogP) is 0.727. The molecule has 2 aliphatic rings. The van der Waals surface area contributed by atoms with Gasteiger partial charge in [0.2, 0.25) is 11.8 Å². The summed E-state index contributed by atoms with van der Waals surface area (Å²) in [5.41, 5.74) is 0. The van der Waals surface area contributed by atoms with Gasteiger partial charge in [0.25, 0.3) is 0 Å². The van der Waals surface area contributed by atoms with Crippen molar-refractivity contribution in [1.29, 1.82) is 0 Å². The van der Waals surface area contributed by atoms with E-state index in [1.165, 1.54) is 0 Å². The van der Waals surface area contributed by atoms with Gasteiger partial charge in [-0.05, 0) is 19.3 Å². The van der Waals surface area contributed by atoms with Crippen molar-refractivity contribution in [2.45, 2.75) is 45.1 Å². The van der Waals surface area contributed by atoms with Crippen molar-refractivity contribution in [3.05, 3.63) is 0 Å². The largest absolute Gasteiger partial charge is 0.481 e. The Morgan fingerprint density at radius 1 is 1.17 bits per heavy atom. The molecule has 0 aliphatic carbocycles. The highest BCUT2D eigenvalue weighted by atomic mass is 16.5. The summed E-state index contributed by atoms with van der Waals surface area (Å²) in [7, 11) is 0. The van der Waals surface area contributed by atoms with E-state index < -0.39 is 12.1 Å². The van der Waals surface area contributed by atoms with Crippen molar-refractivity contribution in [2.24, 2.45) is 5.92 Å². The monoisotopic (exact) mass is 326 g/mol. The molecule has 0 spiro atoms. The molecule has 23 heavy (non-hydrogen) atoms. The Bertz CT molecular complexity index is 454. The number of morpholine rings is 1. The Balaban J connectivity index is 1.91. The molecule has 2 heterocycles. The van der Waals surface area contributed by atoms with Gasteiger partial charge in [-0.1, -0.05) is 6.92 Å². The van der Waals surface area contributed by atoms with Crippen LogP contribution in [-0.2, 0) is 19.1 Å². The van der Waals surface area contributed by atoms with Crippen LogP contribution in [0.2, 0.25) is 0 Å². The molecule has 130 valence electrons. The van der Waals surface area contributed by atoms with Gasteiger partial charge in [0.1, 0.15) is 0 Å². The maximum absolute atomic E-state index is 12.7. The number of amides is 2. The molecular formula is C16H26N2O5. The van der Waals surface area contributed by atoms with Gasteiger partial charge in [-0.3, -0.25) is 14.4 Å². The number of aliphatic carboxylic acids is 1. The van der Waals surface area contributed by atoms with Gasteiger partial charge in [0, 0.05) is 32.6 Å². The van der Waals surface area contributed by atoms with Gasteiger partial charge in [-0.25, -0.2) is 0 Å². The lowest BCUT2D eigenvalue weighted by atomic mass is 9.95. The van der Waals surface area contributed by atoms with Crippen molar-refractivity contribution in [1.82, 2.24) is 9.80 Å². The van der Waals surface area contributed by atoms with Crippen molar-refractivity contribution in [2.75, 3.05) is 32.8 Å². The van der Waals surface area contributed by atoms with Crippen molar-refractivity contribution >= 4 is 17.8 Å². The number of hydrogen-bond acceptors (Lipinski definition) is 4. The van der Waals surface area contributed by atoms with E-state index in [-0.39, 0.29) is 24.2 Å². The van der Waals surface area contributed by atoms with Crippen LogP contribution >= 0.6 is 0 Å². The minimum absolute atomic E-state index is 0.0256. The Morgan fingerprint density at radius 3 is 2.65 bits per heavy atom. The number of hydrogen-bond donors (Lipinski definition) is 1. The van der Waals surface area contributed by atoms with Crippen LogP contribution < -0.4 is 0 Å². The quantitative estimate of drug-likeness (QED) is 0.805. The van der Waals surface area contributed by atoms with Crippen LogP contribution in [-0.4, -0.2) is 71.6 Å². The first-order valence-corrected chi connectivity index (χ1v) is 8.41. The molecule has 0 aromatic heterocycles. The average Bonchev–Trinajstić information content (AvgIpc) is 2.54. The molecule has 0 bridgehead atoms. The summed E-state index contributed by atoms with van der Waals surface area (Å²) >= 11 is 0. The molecule has 0 aromatic rings. The molecule has 2 atom stereocenters. The molecule has 0 saturated carbocycles. The maximum Gasteiger partial charge on any atom is 0.306 e. The second-order valence-electron chi connectivity index (χ2n) is 6.30. The third-order valence-corrected chi connectivity index (χ3v) is 4.44. The Hall–Kier alpha value is -1.63. The smallest absolute Gasteiger partial charge is 0.306 e. The van der Waals surface area contributed by atoms with Gasteiger partial charge < -0.3 is 19.6 Å². The number of rotatable bonds is 5. The highest BCUT2D eigenvalue weighted by molar-refractivity contribution is 5.81. The first-order valence-electron chi connectivity index (χ1n) is 8.41. The standard InChI is InChI=1S/C16H26N2O5/c1-2-4-14(19)17-6-3-5-12(10-17)16(22)18-7-8-23-13(11-18)9-15(20)21/h12-13H,2-11H2,1H3,(H,20,21). The molecule has 7 heteroatoms. The number of carbonyl (C=O) groups excluding carboxylic acids is 2. The third kappa shape index (κ3) is 4.92. The number of carbonyl (C=O) groups is 3. The van der Waals surface area contributed by atoms with Gasteiger partial charge >= 0.3 is 5.97 Å². The van der Waals surface area contributed by atoms with Gasteiger partial charge in [-0.2, -0.15) is 0 Å². The van der Waals surface area contributed by atoms with E-state index in [2.05, 4.69) is 0 Å². The van der Waals surface area contributed by atoms with Crippen molar-refractivity contribution in [3.63, 3.8) is 0 Å². The van der Waals surface area contributed by atoms with Crippen LogP contribution in [0.5, 0.6) is 0 Å². The fourth-order valence-electron chi connectivity index (χ4n) is 3.27. The van der Waals surface area contributed by atoms with E-state index in [9.17, 15) is 14.4 Å². The maximum atomic E-state index is 12.7. The molecule has 1 N–H and O–H groups in total. The van der Waals surface area contributed by atoms with Crippen LogP contribution in [0.1, 0.15) is 39.0 Å². The number of piperidine rings is 1. The lowest BCUT2D eigenvalue weighted by molar-refractivity contribution is -0.152. The zero-order chi connectivity index (χ0) is 16.8. The van der Waals surface area contributed by atoms with Crippen LogP contribution in [0.15, 0.2) is 0 Å². The van der Waals surface area contributed by atoms with E-state index in [4.69, 9.17) is 9.84 Å². The zero-order valence-corrected chi connectivity index (χ0v) is 13.7. The summed E-state index contributed by atoms with van der Waals surface area (Å²) < 4.78 is 5.41.